The van der Waals surface area contributed by atoms with Crippen LogP contribution in [0.2, 0.25) is 0 Å². The van der Waals surface area contributed by atoms with Crippen molar-refractivity contribution in [1.29, 1.82) is 0 Å². The zero-order valence-electron chi connectivity index (χ0n) is 38.7. The van der Waals surface area contributed by atoms with E-state index in [4.69, 9.17) is 46.6 Å². The Labute approximate surface area is 375 Å². The number of nitro groups is 1. The van der Waals surface area contributed by atoms with E-state index in [1.807, 2.05) is 36.9 Å². The summed E-state index contributed by atoms with van der Waals surface area (Å²) in [7, 11) is 1.53. The monoisotopic (exact) mass is 879 g/mol. The number of anilines is 4. The van der Waals surface area contributed by atoms with Gasteiger partial charge in [0.15, 0.2) is 0 Å². The molecule has 1 aliphatic carbocycles. The van der Waals surface area contributed by atoms with E-state index < -0.39 is 16.9 Å². The predicted molar refractivity (Wildman–Crippen MR) is 256 cm³/mol. The molecule has 8 N–H and O–H groups in total. The van der Waals surface area contributed by atoms with Gasteiger partial charge in [-0.25, -0.2) is 9.59 Å². The van der Waals surface area contributed by atoms with Crippen molar-refractivity contribution >= 4 is 34.7 Å². The lowest BCUT2D eigenvalue weighted by molar-refractivity contribution is -0.420. The number of carbonyl (C=O) groups is 2. The van der Waals surface area contributed by atoms with Crippen molar-refractivity contribution < 1.29 is 38.2 Å². The van der Waals surface area contributed by atoms with Gasteiger partial charge in [0.1, 0.15) is 36.2 Å². The second kappa shape index (κ2) is 34.3. The summed E-state index contributed by atoms with van der Waals surface area (Å²) in [4.78, 5) is 33.9. The van der Waals surface area contributed by atoms with Crippen LogP contribution in [0.5, 0.6) is 17.2 Å². The lowest BCUT2D eigenvalue weighted by atomic mass is 10.0. The van der Waals surface area contributed by atoms with Gasteiger partial charge in [-0.3, -0.25) is 10.1 Å². The molecule has 0 fully saturated rings. The summed E-state index contributed by atoms with van der Waals surface area (Å²) in [5, 5.41) is 10.3. The number of methoxy groups -OCH3 is 1. The van der Waals surface area contributed by atoms with E-state index in [1.165, 1.54) is 57.8 Å². The summed E-state index contributed by atoms with van der Waals surface area (Å²) < 4.78 is 27.1. The van der Waals surface area contributed by atoms with Gasteiger partial charge in [0.2, 0.25) is 0 Å². The molecule has 0 spiro atoms. The van der Waals surface area contributed by atoms with Crippen LogP contribution in [0.1, 0.15) is 92.9 Å². The SMILES string of the molecule is C=CC(=O)OCCN(CCOC(=O)C=C)c1ccc(N)c(OC)c1.CC.CCCCC(CC)COc1cc(N)c(OCC(CC)CCCC)cc1N.NC1=C([N+](=O)[O-])C=C=CC=C1. The fourth-order valence-corrected chi connectivity index (χ4v) is 5.61. The molecule has 63 heavy (non-hydrogen) atoms. The van der Waals surface area contributed by atoms with Crippen LogP contribution in [-0.4, -0.2) is 63.5 Å². The minimum Gasteiger partial charge on any atom is -0.495 e. The Morgan fingerprint density at radius 1 is 0.794 bits per heavy atom. The predicted octanol–water partition coefficient (Wildman–Crippen LogP) is 9.32. The van der Waals surface area contributed by atoms with Crippen molar-refractivity contribution in [3.63, 3.8) is 0 Å². The largest absolute Gasteiger partial charge is 0.495 e. The molecular formula is C48H74N6O9. The van der Waals surface area contributed by atoms with E-state index in [0.29, 0.717) is 72.4 Å². The first-order valence-corrected chi connectivity index (χ1v) is 21.7. The Bertz CT molecular complexity index is 1750. The van der Waals surface area contributed by atoms with Crippen LogP contribution in [0.15, 0.2) is 97.1 Å². The van der Waals surface area contributed by atoms with Crippen LogP contribution in [0.4, 0.5) is 22.7 Å². The molecule has 0 heterocycles. The van der Waals surface area contributed by atoms with Crippen molar-refractivity contribution in [2.24, 2.45) is 17.6 Å². The average molecular weight is 879 g/mol. The highest BCUT2D eigenvalue weighted by molar-refractivity contribution is 5.81. The maximum Gasteiger partial charge on any atom is 0.330 e. The molecule has 2 unspecified atom stereocenters. The Kier molecular flexibility index (Phi) is 30.8. The molecule has 0 aromatic heterocycles. The van der Waals surface area contributed by atoms with Crippen LogP contribution in [0.3, 0.4) is 0 Å². The third-order valence-electron chi connectivity index (χ3n) is 9.49. The molecule has 2 aromatic carbocycles. The Morgan fingerprint density at radius 3 is 1.70 bits per heavy atom. The maximum absolute atomic E-state index is 11.1. The number of hydrogen-bond donors (Lipinski definition) is 4. The fourth-order valence-electron chi connectivity index (χ4n) is 5.61. The molecule has 0 saturated carbocycles. The van der Waals surface area contributed by atoms with Crippen LogP contribution in [0.25, 0.3) is 0 Å². The second-order valence-corrected chi connectivity index (χ2v) is 14.0. The first-order valence-electron chi connectivity index (χ1n) is 21.7. The summed E-state index contributed by atoms with van der Waals surface area (Å²) in [5.74, 6) is 2.01. The van der Waals surface area contributed by atoms with E-state index in [-0.39, 0.29) is 24.6 Å². The summed E-state index contributed by atoms with van der Waals surface area (Å²) >= 11 is 0. The molecule has 0 amide bonds. The molecule has 0 saturated heterocycles. The normalized spacial score (nSPS) is 12.0. The van der Waals surface area contributed by atoms with Gasteiger partial charge in [0, 0.05) is 36.0 Å². The number of nitrogen functional groups attached to an aromatic ring is 3. The number of rotatable bonds is 25. The zero-order valence-corrected chi connectivity index (χ0v) is 38.7. The molecule has 2 atom stereocenters. The minimum absolute atomic E-state index is 0.116. The van der Waals surface area contributed by atoms with Crippen molar-refractivity contribution in [2.75, 3.05) is 68.7 Å². The highest BCUT2D eigenvalue weighted by atomic mass is 16.6. The van der Waals surface area contributed by atoms with Crippen molar-refractivity contribution in [2.45, 2.75) is 92.9 Å². The number of allylic oxidation sites excluding steroid dienone is 3. The molecule has 15 heteroatoms. The number of hydrogen-bond acceptors (Lipinski definition) is 14. The van der Waals surface area contributed by atoms with Gasteiger partial charge in [-0.05, 0) is 49.0 Å². The molecule has 350 valence electrons. The Morgan fingerprint density at radius 2 is 1.29 bits per heavy atom. The quantitative estimate of drug-likeness (QED) is 0.0182. The van der Waals surface area contributed by atoms with Gasteiger partial charge < -0.3 is 51.5 Å². The van der Waals surface area contributed by atoms with Crippen molar-refractivity contribution in [3.8, 4) is 17.2 Å². The smallest absolute Gasteiger partial charge is 0.330 e. The number of ether oxygens (including phenoxy) is 5. The zero-order chi connectivity index (χ0) is 47.6. The summed E-state index contributed by atoms with van der Waals surface area (Å²) in [6.45, 7) is 22.0. The Hall–Kier alpha value is -6.34. The van der Waals surface area contributed by atoms with Gasteiger partial charge in [0.25, 0.3) is 5.70 Å². The van der Waals surface area contributed by atoms with Crippen LogP contribution in [0, 0.1) is 22.0 Å². The summed E-state index contributed by atoms with van der Waals surface area (Å²) in [5.41, 5.74) is 28.6. The number of nitrogens with two attached hydrogens (primary N) is 4. The molecule has 3 rings (SSSR count). The first-order chi connectivity index (χ1) is 30.3. The van der Waals surface area contributed by atoms with Gasteiger partial charge in [-0.1, -0.05) is 99.3 Å². The fraction of sp³-hybridized carbons (Fsp3) is 0.479. The minimum atomic E-state index is -0.536. The molecular weight excluding hydrogens is 805 g/mol. The first kappa shape index (κ1) is 56.7. The number of unbranched alkanes of at least 4 members (excludes halogenated alkanes) is 2. The van der Waals surface area contributed by atoms with E-state index >= 15 is 0 Å². The Balaban J connectivity index is 0.000000959. The van der Waals surface area contributed by atoms with E-state index in [2.05, 4.69) is 46.6 Å². The van der Waals surface area contributed by atoms with Crippen LogP contribution in [-0.2, 0) is 19.1 Å². The van der Waals surface area contributed by atoms with E-state index in [9.17, 15) is 19.7 Å². The van der Waals surface area contributed by atoms with Gasteiger partial charge >= 0.3 is 11.9 Å². The number of nitrogens with zero attached hydrogens (tertiary/aromatic N) is 2. The van der Waals surface area contributed by atoms with Crippen LogP contribution >= 0.6 is 0 Å². The molecule has 0 radical (unpaired) electrons. The number of esters is 2. The third kappa shape index (κ3) is 23.5. The lowest BCUT2D eigenvalue weighted by Gasteiger charge is -2.25. The van der Waals surface area contributed by atoms with Gasteiger partial charge in [0.05, 0.1) is 61.5 Å². The van der Waals surface area contributed by atoms with E-state index in [0.717, 1.165) is 30.7 Å². The molecule has 2 aromatic rings. The van der Waals surface area contributed by atoms with Crippen molar-refractivity contribution in [3.05, 3.63) is 107 Å². The standard InChI is InChI=1S/C22H40N2O2.C17H22N2O5.C7H6N2O2.C2H6/c1-5-9-11-17(7-3)15-25-21-13-20(24)22(14-19(21)23)26-16-18(8-4)12-10-6-2;1-4-16(20)23-10-8-19(9-11-24-17(21)5-2)13-6-7-14(18)15(12-13)22-3;8-6-4-2-1-3-5-7(6)9(10)11;1-2/h13-14,17-18H,5-12,15-16,23-24H2,1-4H3;4-7,12H,1-2,8-11,18H2,3H3;1-2,4-5H,8H2;1-2H3. The third-order valence-corrected chi connectivity index (χ3v) is 9.49. The second-order valence-electron chi connectivity index (χ2n) is 14.0. The highest BCUT2D eigenvalue weighted by Gasteiger charge is 2.15. The summed E-state index contributed by atoms with van der Waals surface area (Å²) in [6.07, 6.45) is 17.6. The average Bonchev–Trinajstić information content (AvgIpc) is 3.52. The maximum atomic E-state index is 11.1. The molecule has 0 aliphatic heterocycles. The van der Waals surface area contributed by atoms with Crippen molar-refractivity contribution in [1.82, 2.24) is 0 Å². The number of benzene rings is 2. The summed E-state index contributed by atoms with van der Waals surface area (Å²) in [6, 6.07) is 8.91. The van der Waals surface area contributed by atoms with Gasteiger partial charge in [-0.2, -0.15) is 0 Å². The van der Waals surface area contributed by atoms with Gasteiger partial charge in [-0.15, -0.1) is 5.73 Å². The van der Waals surface area contributed by atoms with Crippen LogP contribution < -0.4 is 42.0 Å². The lowest BCUT2D eigenvalue weighted by Crippen LogP contribution is -2.32. The molecule has 0 bridgehead atoms. The van der Waals surface area contributed by atoms with E-state index in [1.54, 1.807) is 24.3 Å². The highest BCUT2D eigenvalue weighted by Crippen LogP contribution is 2.34. The number of carbonyl (C=O) groups excluding carboxylic acids is 2. The topological polar surface area (TPSA) is 231 Å². The molecule has 1 aliphatic rings. The molecule has 15 nitrogen and oxygen atoms in total.